The second kappa shape index (κ2) is 8.84. The molecule has 0 bridgehead atoms. The number of ether oxygens (including phenoxy) is 1. The summed E-state index contributed by atoms with van der Waals surface area (Å²) in [6.07, 6.45) is 5.19. The Labute approximate surface area is 146 Å². The molecule has 0 aromatic carbocycles. The van der Waals surface area contributed by atoms with Crippen LogP contribution in [-0.2, 0) is 11.0 Å². The van der Waals surface area contributed by atoms with E-state index in [1.165, 1.54) is 6.20 Å². The first-order chi connectivity index (χ1) is 10.7. The maximum Gasteiger partial charge on any atom is 0.388 e. The van der Waals surface area contributed by atoms with Crippen LogP contribution in [0.2, 0.25) is 0 Å². The van der Waals surface area contributed by atoms with Crippen molar-refractivity contribution >= 4 is 26.9 Å². The number of nitrogens with zero attached hydrogens (tertiary/aromatic N) is 1. The number of nitrogens with two attached hydrogens (primary N) is 1. The van der Waals surface area contributed by atoms with Gasteiger partial charge in [0.1, 0.15) is 0 Å². The highest BCUT2D eigenvalue weighted by molar-refractivity contribution is 9.10. The minimum Gasteiger partial charge on any atom is -0.416 e. The third-order valence-electron chi connectivity index (χ3n) is 3.53. The Morgan fingerprint density at radius 2 is 2.22 bits per heavy atom. The molecule has 0 amide bonds. The average Bonchev–Trinajstić information content (AvgIpc) is 2.45. The number of halogens is 3. The molecule has 23 heavy (non-hydrogen) atoms. The first kappa shape index (κ1) is 20.2. The highest BCUT2D eigenvalue weighted by atomic mass is 79.9. The van der Waals surface area contributed by atoms with Gasteiger partial charge in [0.25, 0.3) is 0 Å². The van der Waals surface area contributed by atoms with Gasteiger partial charge in [0, 0.05) is 6.20 Å². The van der Waals surface area contributed by atoms with E-state index in [9.17, 15) is 13.0 Å². The standard InChI is InChI=1S/C15H21BrF2N2O2S/c1-4-5-6-10(9-15(2,3)23(19)21)11-7-8-20-13(12(11)16)22-14(17)18/h4,7-8,10,14H,1,5-6,9,19H2,2-3H3/t10-,23?/m1/s1. The van der Waals surface area contributed by atoms with Crippen LogP contribution < -0.4 is 9.88 Å². The highest BCUT2D eigenvalue weighted by Gasteiger charge is 2.30. The second-order valence-electron chi connectivity index (χ2n) is 5.72. The molecule has 1 heterocycles. The van der Waals surface area contributed by atoms with E-state index >= 15 is 0 Å². The van der Waals surface area contributed by atoms with Crippen LogP contribution in [0.25, 0.3) is 0 Å². The Morgan fingerprint density at radius 3 is 2.74 bits per heavy atom. The van der Waals surface area contributed by atoms with Crippen LogP contribution in [0.15, 0.2) is 29.4 Å². The van der Waals surface area contributed by atoms with Crippen molar-refractivity contribution in [3.05, 3.63) is 35.0 Å². The summed E-state index contributed by atoms with van der Waals surface area (Å²) in [4.78, 5) is 3.82. The summed E-state index contributed by atoms with van der Waals surface area (Å²) in [5.41, 5.74) is 0.774. The third-order valence-corrected chi connectivity index (χ3v) is 5.58. The molecule has 2 N–H and O–H groups in total. The lowest BCUT2D eigenvalue weighted by Crippen LogP contribution is -2.33. The van der Waals surface area contributed by atoms with E-state index in [0.29, 0.717) is 10.9 Å². The number of aromatic nitrogens is 1. The quantitative estimate of drug-likeness (QED) is 0.617. The van der Waals surface area contributed by atoms with Crippen LogP contribution in [0.4, 0.5) is 8.78 Å². The van der Waals surface area contributed by atoms with E-state index in [2.05, 4.69) is 32.2 Å². The second-order valence-corrected chi connectivity index (χ2v) is 8.21. The van der Waals surface area contributed by atoms with Crippen molar-refractivity contribution in [2.75, 3.05) is 0 Å². The smallest absolute Gasteiger partial charge is 0.388 e. The van der Waals surface area contributed by atoms with Gasteiger partial charge in [0.05, 0.1) is 20.2 Å². The molecular formula is C15H21BrF2N2O2S. The molecule has 8 heteroatoms. The fourth-order valence-corrected chi connectivity index (χ4v) is 3.30. The Hall–Kier alpha value is -0.860. The van der Waals surface area contributed by atoms with Gasteiger partial charge in [-0.15, -0.1) is 6.58 Å². The predicted octanol–water partition coefficient (Wildman–Crippen LogP) is 4.29. The molecule has 1 aromatic rings. The van der Waals surface area contributed by atoms with E-state index < -0.39 is 22.3 Å². The molecule has 0 radical (unpaired) electrons. The first-order valence-corrected chi connectivity index (χ1v) is 9.06. The van der Waals surface area contributed by atoms with Crippen LogP contribution >= 0.6 is 15.9 Å². The third kappa shape index (κ3) is 5.93. The van der Waals surface area contributed by atoms with E-state index in [0.717, 1.165) is 18.4 Å². The van der Waals surface area contributed by atoms with Gasteiger partial charge in [-0.25, -0.2) is 9.19 Å². The van der Waals surface area contributed by atoms with Crippen LogP contribution in [0.5, 0.6) is 5.88 Å². The molecule has 0 aliphatic rings. The molecule has 0 aliphatic carbocycles. The molecule has 130 valence electrons. The predicted molar refractivity (Wildman–Crippen MR) is 91.8 cm³/mol. The van der Waals surface area contributed by atoms with Gasteiger partial charge in [-0.05, 0) is 66.6 Å². The lowest BCUT2D eigenvalue weighted by Gasteiger charge is -2.28. The summed E-state index contributed by atoms with van der Waals surface area (Å²) in [7, 11) is -1.50. The highest BCUT2D eigenvalue weighted by Crippen LogP contribution is 2.39. The van der Waals surface area contributed by atoms with Crippen molar-refractivity contribution in [3.8, 4) is 5.88 Å². The van der Waals surface area contributed by atoms with Crippen molar-refractivity contribution in [2.24, 2.45) is 5.14 Å². The Morgan fingerprint density at radius 1 is 1.57 bits per heavy atom. The Balaban J connectivity index is 3.16. The molecule has 0 fully saturated rings. The fourth-order valence-electron chi connectivity index (χ4n) is 2.28. The molecule has 0 spiro atoms. The molecule has 2 atom stereocenters. The van der Waals surface area contributed by atoms with Crippen molar-refractivity contribution in [1.82, 2.24) is 4.98 Å². The monoisotopic (exact) mass is 410 g/mol. The zero-order valence-corrected chi connectivity index (χ0v) is 15.5. The zero-order chi connectivity index (χ0) is 17.6. The molecule has 4 nitrogen and oxygen atoms in total. The molecule has 1 aromatic heterocycles. The van der Waals surface area contributed by atoms with E-state index in [1.54, 1.807) is 12.1 Å². The summed E-state index contributed by atoms with van der Waals surface area (Å²) in [6.45, 7) is 4.38. The zero-order valence-electron chi connectivity index (χ0n) is 13.1. The molecule has 1 unspecified atom stereocenters. The van der Waals surface area contributed by atoms with Crippen LogP contribution in [0, 0.1) is 0 Å². The Bertz CT molecular complexity index is 570. The maximum atomic E-state index is 12.5. The van der Waals surface area contributed by atoms with Gasteiger partial charge in [-0.1, -0.05) is 6.08 Å². The first-order valence-electron chi connectivity index (χ1n) is 7.05. The number of pyridine rings is 1. The number of hydrogen-bond donors (Lipinski definition) is 1. The lowest BCUT2D eigenvalue weighted by molar-refractivity contribution is -0.0534. The summed E-state index contributed by atoms with van der Waals surface area (Å²) in [5.74, 6) is -0.208. The van der Waals surface area contributed by atoms with Crippen molar-refractivity contribution < 1.29 is 17.7 Å². The van der Waals surface area contributed by atoms with E-state index in [4.69, 9.17) is 5.14 Å². The van der Waals surface area contributed by atoms with Gasteiger partial charge in [-0.2, -0.15) is 8.78 Å². The Kier molecular flexibility index (Phi) is 7.76. The number of allylic oxidation sites excluding steroid dienone is 1. The lowest BCUT2D eigenvalue weighted by atomic mass is 9.87. The topological polar surface area (TPSA) is 65.2 Å². The molecule has 1 rings (SSSR count). The fraction of sp³-hybridized carbons (Fsp3) is 0.533. The van der Waals surface area contributed by atoms with E-state index in [1.807, 2.05) is 13.8 Å². The molecule has 0 aliphatic heterocycles. The van der Waals surface area contributed by atoms with Crippen molar-refractivity contribution in [1.29, 1.82) is 0 Å². The molecule has 0 saturated carbocycles. The molecule has 0 saturated heterocycles. The van der Waals surface area contributed by atoms with Crippen molar-refractivity contribution in [3.63, 3.8) is 0 Å². The van der Waals surface area contributed by atoms with Gasteiger partial charge in [0.15, 0.2) is 0 Å². The molecular weight excluding hydrogens is 390 g/mol. The number of alkyl halides is 2. The maximum absolute atomic E-state index is 12.5. The summed E-state index contributed by atoms with van der Waals surface area (Å²) < 4.78 is 40.8. The number of rotatable bonds is 9. The SMILES string of the molecule is C=CCC[C@H](CC(C)(C)S(N)=O)c1ccnc(OC(F)F)c1Br. The summed E-state index contributed by atoms with van der Waals surface area (Å²) in [6, 6.07) is 1.74. The van der Waals surface area contributed by atoms with Gasteiger partial charge in [0.2, 0.25) is 5.88 Å². The van der Waals surface area contributed by atoms with Gasteiger partial charge in [-0.3, -0.25) is 5.14 Å². The van der Waals surface area contributed by atoms with Crippen LogP contribution in [-0.4, -0.2) is 20.6 Å². The van der Waals surface area contributed by atoms with Crippen LogP contribution in [0.3, 0.4) is 0 Å². The van der Waals surface area contributed by atoms with Crippen molar-refractivity contribution in [2.45, 2.75) is 50.4 Å². The summed E-state index contributed by atoms with van der Waals surface area (Å²) in [5, 5.41) is 5.56. The summed E-state index contributed by atoms with van der Waals surface area (Å²) >= 11 is 3.29. The number of hydrogen-bond acceptors (Lipinski definition) is 3. The minimum atomic E-state index is -2.95. The largest absolute Gasteiger partial charge is 0.416 e. The van der Waals surface area contributed by atoms with E-state index in [-0.39, 0.29) is 11.8 Å². The van der Waals surface area contributed by atoms with Crippen LogP contribution in [0.1, 0.15) is 44.6 Å². The normalized spacial score (nSPS) is 14.6. The minimum absolute atomic E-state index is 0.0482. The van der Waals surface area contributed by atoms with Gasteiger partial charge >= 0.3 is 6.61 Å². The average molecular weight is 411 g/mol. The van der Waals surface area contributed by atoms with Gasteiger partial charge < -0.3 is 4.74 Å².